The predicted molar refractivity (Wildman–Crippen MR) is 128 cm³/mol. The van der Waals surface area contributed by atoms with E-state index in [4.69, 9.17) is 4.74 Å². The first-order valence-electron chi connectivity index (χ1n) is 9.70. The molecular weight excluding hydrogens is 482 g/mol. The highest BCUT2D eigenvalue weighted by Gasteiger charge is 2.22. The Balaban J connectivity index is 0.00000300. The Morgan fingerprint density at radius 1 is 1.17 bits per heavy atom. The van der Waals surface area contributed by atoms with Gasteiger partial charge in [0.1, 0.15) is 17.7 Å². The van der Waals surface area contributed by atoms with Crippen LogP contribution in [0.15, 0.2) is 53.5 Å². The standard InChI is InChI=1S/C22H29FN4O.HI/c1-24-22(25-16-17-9-10-21(26(2)3)20(23)15-17)27-13-11-19(12-14-27)28-18-7-5-4-6-8-18;/h4-10,15,19H,11-14,16H2,1-3H3,(H,24,25);1H. The van der Waals surface area contributed by atoms with Gasteiger partial charge in [-0.05, 0) is 29.8 Å². The largest absolute Gasteiger partial charge is 0.490 e. The lowest BCUT2D eigenvalue weighted by Crippen LogP contribution is -2.47. The molecule has 5 nitrogen and oxygen atoms in total. The van der Waals surface area contributed by atoms with Crippen LogP contribution in [-0.2, 0) is 6.54 Å². The summed E-state index contributed by atoms with van der Waals surface area (Å²) in [5.74, 6) is 1.56. The van der Waals surface area contributed by atoms with Gasteiger partial charge in [0, 0.05) is 53.6 Å². The number of nitrogens with one attached hydrogen (secondary N) is 1. The summed E-state index contributed by atoms with van der Waals surface area (Å²) in [5.41, 5.74) is 1.49. The second-order valence-electron chi connectivity index (χ2n) is 7.20. The molecule has 2 aromatic carbocycles. The third-order valence-electron chi connectivity index (χ3n) is 4.94. The maximum Gasteiger partial charge on any atom is 0.193 e. The number of hydrogen-bond acceptors (Lipinski definition) is 3. The molecule has 0 aliphatic carbocycles. The number of hydrogen-bond donors (Lipinski definition) is 1. The lowest BCUT2D eigenvalue weighted by molar-refractivity contribution is 0.129. The number of likely N-dealkylation sites (tertiary alicyclic amines) is 1. The maximum atomic E-state index is 14.2. The zero-order chi connectivity index (χ0) is 19.9. The van der Waals surface area contributed by atoms with E-state index in [0.717, 1.165) is 43.2 Å². The van der Waals surface area contributed by atoms with E-state index in [0.29, 0.717) is 12.2 Å². The van der Waals surface area contributed by atoms with Crippen molar-refractivity contribution in [2.24, 2.45) is 4.99 Å². The van der Waals surface area contributed by atoms with Crippen molar-refractivity contribution in [1.29, 1.82) is 0 Å². The summed E-state index contributed by atoms with van der Waals surface area (Å²) in [7, 11) is 5.46. The van der Waals surface area contributed by atoms with Gasteiger partial charge in [0.05, 0.1) is 5.69 Å². The van der Waals surface area contributed by atoms with Gasteiger partial charge in [-0.3, -0.25) is 4.99 Å². The Kier molecular flexibility index (Phi) is 9.00. The van der Waals surface area contributed by atoms with Crippen molar-refractivity contribution < 1.29 is 9.13 Å². The van der Waals surface area contributed by atoms with Crippen LogP contribution in [0.3, 0.4) is 0 Å². The minimum atomic E-state index is -0.210. The Morgan fingerprint density at radius 2 is 1.86 bits per heavy atom. The monoisotopic (exact) mass is 512 g/mol. The Morgan fingerprint density at radius 3 is 2.45 bits per heavy atom. The molecule has 0 radical (unpaired) electrons. The molecule has 1 saturated heterocycles. The first-order valence-corrected chi connectivity index (χ1v) is 9.70. The number of aliphatic imine (C=N–C) groups is 1. The second-order valence-corrected chi connectivity index (χ2v) is 7.20. The van der Waals surface area contributed by atoms with E-state index in [9.17, 15) is 4.39 Å². The maximum absolute atomic E-state index is 14.2. The molecule has 3 rings (SSSR count). The van der Waals surface area contributed by atoms with Gasteiger partial charge in [0.15, 0.2) is 5.96 Å². The van der Waals surface area contributed by atoms with Crippen LogP contribution in [0.1, 0.15) is 18.4 Å². The van der Waals surface area contributed by atoms with E-state index in [1.54, 1.807) is 18.0 Å². The first kappa shape index (κ1) is 23.3. The van der Waals surface area contributed by atoms with Crippen LogP contribution in [0.2, 0.25) is 0 Å². The van der Waals surface area contributed by atoms with Gasteiger partial charge in [-0.25, -0.2) is 4.39 Å². The van der Waals surface area contributed by atoms with E-state index in [-0.39, 0.29) is 35.9 Å². The molecule has 1 heterocycles. The average Bonchev–Trinajstić information content (AvgIpc) is 2.70. The van der Waals surface area contributed by atoms with Gasteiger partial charge in [-0.15, -0.1) is 24.0 Å². The van der Waals surface area contributed by atoms with E-state index in [2.05, 4.69) is 15.2 Å². The molecule has 1 aliphatic rings. The van der Waals surface area contributed by atoms with Gasteiger partial charge >= 0.3 is 0 Å². The predicted octanol–water partition coefficient (Wildman–Crippen LogP) is 4.13. The lowest BCUT2D eigenvalue weighted by Gasteiger charge is -2.34. The highest BCUT2D eigenvalue weighted by molar-refractivity contribution is 14.0. The number of rotatable bonds is 5. The molecule has 0 aromatic heterocycles. The number of ether oxygens (including phenoxy) is 1. The number of anilines is 1. The smallest absolute Gasteiger partial charge is 0.193 e. The summed E-state index contributed by atoms with van der Waals surface area (Å²) >= 11 is 0. The van der Waals surface area contributed by atoms with Crippen LogP contribution in [0.4, 0.5) is 10.1 Å². The van der Waals surface area contributed by atoms with Crippen LogP contribution in [0.25, 0.3) is 0 Å². The number of para-hydroxylation sites is 1. The Bertz CT molecular complexity index is 793. The zero-order valence-corrected chi connectivity index (χ0v) is 19.6. The van der Waals surface area contributed by atoms with Gasteiger partial charge in [-0.1, -0.05) is 24.3 Å². The molecule has 0 bridgehead atoms. The third-order valence-corrected chi connectivity index (χ3v) is 4.94. The molecule has 1 fully saturated rings. The SMILES string of the molecule is CN=C(NCc1ccc(N(C)C)c(F)c1)N1CCC(Oc2ccccc2)CC1.I. The highest BCUT2D eigenvalue weighted by Crippen LogP contribution is 2.20. The van der Waals surface area contributed by atoms with Gasteiger partial charge in [0.2, 0.25) is 0 Å². The minimum Gasteiger partial charge on any atom is -0.490 e. The first-order chi connectivity index (χ1) is 13.6. The van der Waals surface area contributed by atoms with Gasteiger partial charge < -0.3 is 19.9 Å². The topological polar surface area (TPSA) is 40.1 Å². The van der Waals surface area contributed by atoms with Crippen molar-refractivity contribution in [3.63, 3.8) is 0 Å². The van der Waals surface area contributed by atoms with Crippen LogP contribution in [-0.4, -0.2) is 51.2 Å². The summed E-state index contributed by atoms with van der Waals surface area (Å²) in [6.45, 7) is 2.30. The molecule has 1 aliphatic heterocycles. The summed E-state index contributed by atoms with van der Waals surface area (Å²) in [6, 6.07) is 15.3. The number of piperidine rings is 1. The highest BCUT2D eigenvalue weighted by atomic mass is 127. The molecule has 0 amide bonds. The second kappa shape index (κ2) is 11.2. The van der Waals surface area contributed by atoms with Crippen molar-refractivity contribution in [1.82, 2.24) is 10.2 Å². The lowest BCUT2D eigenvalue weighted by atomic mass is 10.1. The number of nitrogens with zero attached hydrogens (tertiary/aromatic N) is 3. The Labute approximate surface area is 190 Å². The fourth-order valence-corrected chi connectivity index (χ4v) is 3.41. The van der Waals surface area contributed by atoms with E-state index in [1.807, 2.05) is 56.6 Å². The number of halogens is 2. The number of benzene rings is 2. The molecule has 2 aromatic rings. The molecule has 7 heteroatoms. The molecule has 0 spiro atoms. The average molecular weight is 512 g/mol. The van der Waals surface area contributed by atoms with E-state index >= 15 is 0 Å². The third kappa shape index (κ3) is 6.48. The summed E-state index contributed by atoms with van der Waals surface area (Å²) < 4.78 is 20.2. The van der Waals surface area contributed by atoms with Crippen LogP contribution in [0.5, 0.6) is 5.75 Å². The Hall–Kier alpha value is -2.03. The summed E-state index contributed by atoms with van der Waals surface area (Å²) in [5, 5.41) is 3.35. The van der Waals surface area contributed by atoms with Crippen molar-refractivity contribution in [2.45, 2.75) is 25.5 Å². The quantitative estimate of drug-likeness (QED) is 0.372. The van der Waals surface area contributed by atoms with Crippen molar-refractivity contribution >= 4 is 35.6 Å². The fourth-order valence-electron chi connectivity index (χ4n) is 3.41. The molecule has 1 N–H and O–H groups in total. The van der Waals surface area contributed by atoms with Crippen molar-refractivity contribution in [2.75, 3.05) is 39.1 Å². The van der Waals surface area contributed by atoms with E-state index in [1.165, 1.54) is 0 Å². The summed E-state index contributed by atoms with van der Waals surface area (Å²) in [4.78, 5) is 8.40. The van der Waals surface area contributed by atoms with Gasteiger partial charge in [0.25, 0.3) is 0 Å². The normalized spacial score (nSPS) is 14.9. The molecule has 0 atom stereocenters. The van der Waals surface area contributed by atoms with E-state index < -0.39 is 0 Å². The fraction of sp³-hybridized carbons (Fsp3) is 0.409. The molecule has 0 saturated carbocycles. The van der Waals surface area contributed by atoms with Crippen molar-refractivity contribution in [3.05, 3.63) is 59.9 Å². The van der Waals surface area contributed by atoms with Crippen LogP contribution >= 0.6 is 24.0 Å². The number of guanidine groups is 1. The molecule has 29 heavy (non-hydrogen) atoms. The zero-order valence-electron chi connectivity index (χ0n) is 17.3. The van der Waals surface area contributed by atoms with Crippen molar-refractivity contribution in [3.8, 4) is 5.75 Å². The van der Waals surface area contributed by atoms with Crippen LogP contribution < -0.4 is 15.0 Å². The minimum absolute atomic E-state index is 0. The molecular formula is C22H30FIN4O. The van der Waals surface area contributed by atoms with Gasteiger partial charge in [-0.2, -0.15) is 0 Å². The molecule has 0 unspecified atom stereocenters. The molecule has 158 valence electrons. The summed E-state index contributed by atoms with van der Waals surface area (Å²) in [6.07, 6.45) is 2.12. The van der Waals surface area contributed by atoms with Crippen LogP contribution in [0, 0.1) is 5.82 Å².